The number of quaternary nitrogens is 2. The maximum Gasteiger partial charge on any atom is 0.0780 e. The lowest BCUT2D eigenvalue weighted by Crippen LogP contribution is -3.00. The fraction of sp³-hybridized carbons (Fsp3) is 1.00. The van der Waals surface area contributed by atoms with Crippen molar-refractivity contribution >= 4 is 0 Å². The molecule has 0 aromatic carbocycles. The maximum absolute atomic E-state index is 2.30. The Labute approximate surface area is 294 Å². The Morgan fingerprint density at radius 1 is 0.227 bits per heavy atom. The van der Waals surface area contributed by atoms with Crippen molar-refractivity contribution in [2.45, 2.75) is 206 Å². The van der Waals surface area contributed by atoms with Gasteiger partial charge in [-0.25, -0.2) is 0 Å². The summed E-state index contributed by atoms with van der Waals surface area (Å²) in [4.78, 5) is 0. The minimum atomic E-state index is 0. The summed E-state index contributed by atoms with van der Waals surface area (Å²) in [5, 5.41) is 0. The SMILES string of the molecule is CCCCCCCCCCCCCCCCCCCCCC[N+](C)(C)C.CCCCCCCCCCCC[N+](C)(C)C.[Cl-].[Cl-]. The molecule has 4 heteroatoms. The van der Waals surface area contributed by atoms with Crippen molar-refractivity contribution in [3.05, 3.63) is 0 Å². The highest BCUT2D eigenvalue weighted by Gasteiger charge is 2.06. The first kappa shape index (κ1) is 51.3. The average Bonchev–Trinajstić information content (AvgIpc) is 2.92. The van der Waals surface area contributed by atoms with Crippen molar-refractivity contribution in [3.8, 4) is 0 Å². The summed E-state index contributed by atoms with van der Waals surface area (Å²) in [7, 11) is 13.8. The molecular formula is C40H88Cl2N2. The first-order chi connectivity index (χ1) is 20.1. The lowest BCUT2D eigenvalue weighted by Gasteiger charge is -2.23. The van der Waals surface area contributed by atoms with Crippen LogP contribution in [0.2, 0.25) is 0 Å². The van der Waals surface area contributed by atoms with Gasteiger partial charge in [0.15, 0.2) is 0 Å². The van der Waals surface area contributed by atoms with Gasteiger partial charge < -0.3 is 33.8 Å². The topological polar surface area (TPSA) is 0 Å². The van der Waals surface area contributed by atoms with E-state index >= 15 is 0 Å². The third-order valence-corrected chi connectivity index (χ3v) is 8.86. The number of rotatable bonds is 32. The molecule has 0 atom stereocenters. The molecule has 2 nitrogen and oxygen atoms in total. The Balaban J connectivity index is -0.000000385. The van der Waals surface area contributed by atoms with E-state index in [2.05, 4.69) is 56.1 Å². The second-order valence-electron chi connectivity index (χ2n) is 15.9. The third kappa shape index (κ3) is 54.9. The Morgan fingerprint density at radius 2 is 0.364 bits per heavy atom. The Kier molecular flexibility index (Phi) is 46.3. The van der Waals surface area contributed by atoms with Gasteiger partial charge >= 0.3 is 0 Å². The van der Waals surface area contributed by atoms with Crippen LogP contribution in [0.4, 0.5) is 0 Å². The summed E-state index contributed by atoms with van der Waals surface area (Å²) in [5.41, 5.74) is 0. The fourth-order valence-electron chi connectivity index (χ4n) is 5.91. The molecule has 0 N–H and O–H groups in total. The Hall–Kier alpha value is 0.500. The number of halogens is 2. The van der Waals surface area contributed by atoms with Crippen LogP contribution in [0.25, 0.3) is 0 Å². The molecule has 0 unspecified atom stereocenters. The number of hydrogen-bond donors (Lipinski definition) is 0. The lowest BCUT2D eigenvalue weighted by molar-refractivity contribution is -0.870. The first-order valence-corrected chi connectivity index (χ1v) is 19.7. The van der Waals surface area contributed by atoms with Crippen molar-refractivity contribution in [1.82, 2.24) is 0 Å². The van der Waals surface area contributed by atoms with Gasteiger partial charge in [0.25, 0.3) is 0 Å². The van der Waals surface area contributed by atoms with Crippen LogP contribution >= 0.6 is 0 Å². The first-order valence-electron chi connectivity index (χ1n) is 19.7. The molecule has 0 spiro atoms. The Bertz CT molecular complexity index is 485. The molecule has 0 saturated heterocycles. The van der Waals surface area contributed by atoms with Crippen molar-refractivity contribution in [2.75, 3.05) is 55.4 Å². The third-order valence-electron chi connectivity index (χ3n) is 8.86. The summed E-state index contributed by atoms with van der Waals surface area (Å²) in [6, 6.07) is 0. The molecule has 0 aromatic heterocycles. The molecule has 44 heavy (non-hydrogen) atoms. The van der Waals surface area contributed by atoms with Crippen LogP contribution in [0, 0.1) is 0 Å². The molecule has 0 saturated carbocycles. The highest BCUT2D eigenvalue weighted by Crippen LogP contribution is 2.15. The average molecular weight is 668 g/mol. The van der Waals surface area contributed by atoms with Gasteiger partial charge in [-0.3, -0.25) is 0 Å². The van der Waals surface area contributed by atoms with Gasteiger partial charge in [0, 0.05) is 0 Å². The van der Waals surface area contributed by atoms with E-state index < -0.39 is 0 Å². The summed E-state index contributed by atoms with van der Waals surface area (Å²) in [6.45, 7) is 7.25. The fourth-order valence-corrected chi connectivity index (χ4v) is 5.91. The molecule has 0 bridgehead atoms. The highest BCUT2D eigenvalue weighted by atomic mass is 35.5. The van der Waals surface area contributed by atoms with Crippen molar-refractivity contribution in [1.29, 1.82) is 0 Å². The Morgan fingerprint density at radius 3 is 0.500 bits per heavy atom. The van der Waals surface area contributed by atoms with E-state index in [9.17, 15) is 0 Å². The monoisotopic (exact) mass is 667 g/mol. The van der Waals surface area contributed by atoms with E-state index in [-0.39, 0.29) is 24.8 Å². The van der Waals surface area contributed by atoms with Gasteiger partial charge in [0.05, 0.1) is 55.4 Å². The van der Waals surface area contributed by atoms with Gasteiger partial charge in [-0.05, 0) is 25.7 Å². The quantitative estimate of drug-likeness (QED) is 0.0529. The van der Waals surface area contributed by atoms with Gasteiger partial charge in [-0.1, -0.05) is 181 Å². The number of unbranched alkanes of at least 4 members (excludes halogenated alkanes) is 28. The number of hydrogen-bond acceptors (Lipinski definition) is 0. The van der Waals surface area contributed by atoms with E-state index in [0.717, 1.165) is 8.97 Å². The zero-order chi connectivity index (χ0) is 31.6. The molecule has 0 aromatic rings. The minimum absolute atomic E-state index is 0. The smallest absolute Gasteiger partial charge is 0.0780 e. The van der Waals surface area contributed by atoms with Gasteiger partial charge in [0.1, 0.15) is 0 Å². The van der Waals surface area contributed by atoms with Gasteiger partial charge in [-0.15, -0.1) is 0 Å². The highest BCUT2D eigenvalue weighted by molar-refractivity contribution is 4.51. The van der Waals surface area contributed by atoms with Crippen LogP contribution in [-0.2, 0) is 0 Å². The van der Waals surface area contributed by atoms with Crippen LogP contribution in [-0.4, -0.2) is 64.3 Å². The zero-order valence-corrected chi connectivity index (χ0v) is 33.8. The van der Waals surface area contributed by atoms with Crippen molar-refractivity contribution in [3.63, 3.8) is 0 Å². The molecule has 0 aliphatic carbocycles. The van der Waals surface area contributed by atoms with E-state index in [1.807, 2.05) is 0 Å². The predicted octanol–water partition coefficient (Wildman–Crippen LogP) is 7.14. The van der Waals surface area contributed by atoms with Crippen LogP contribution in [0.3, 0.4) is 0 Å². The minimum Gasteiger partial charge on any atom is -1.00 e. The van der Waals surface area contributed by atoms with E-state index in [4.69, 9.17) is 0 Å². The summed E-state index contributed by atoms with van der Waals surface area (Å²) < 4.78 is 2.25. The van der Waals surface area contributed by atoms with Crippen LogP contribution < -0.4 is 24.8 Å². The van der Waals surface area contributed by atoms with E-state index in [1.165, 1.54) is 206 Å². The standard InChI is InChI=1S/C25H54N.C15H34N.2ClH/c1-5-6-7-8-9-10-11-12-13-14-15-16-17-18-19-20-21-22-23-24-25-26(2,3)4;1-5-6-7-8-9-10-11-12-13-14-15-16(2,3)4;;/h5-25H2,1-4H3;5-15H2,1-4H3;2*1H/q2*+1;;/p-2. The van der Waals surface area contributed by atoms with Gasteiger partial charge in [0.2, 0.25) is 0 Å². The van der Waals surface area contributed by atoms with Crippen molar-refractivity contribution in [2.24, 2.45) is 0 Å². The van der Waals surface area contributed by atoms with Crippen molar-refractivity contribution < 1.29 is 33.8 Å². The summed E-state index contributed by atoms with van der Waals surface area (Å²) in [6.07, 6.45) is 43.7. The van der Waals surface area contributed by atoms with E-state index in [0.29, 0.717) is 0 Å². The normalized spacial score (nSPS) is 11.5. The van der Waals surface area contributed by atoms with Crippen LogP contribution in [0.1, 0.15) is 206 Å². The predicted molar refractivity (Wildman–Crippen MR) is 196 cm³/mol. The molecule has 0 rings (SSSR count). The molecule has 0 fully saturated rings. The molecule has 0 aliphatic heterocycles. The molecule has 0 heterocycles. The van der Waals surface area contributed by atoms with E-state index in [1.54, 1.807) is 0 Å². The second-order valence-corrected chi connectivity index (χ2v) is 15.9. The lowest BCUT2D eigenvalue weighted by atomic mass is 10.0. The zero-order valence-electron chi connectivity index (χ0n) is 32.3. The molecule has 0 amide bonds. The summed E-state index contributed by atoms with van der Waals surface area (Å²) >= 11 is 0. The second kappa shape index (κ2) is 39.7. The molecule has 0 aliphatic rings. The van der Waals surface area contributed by atoms with Gasteiger partial charge in [-0.2, -0.15) is 0 Å². The maximum atomic E-state index is 2.30. The molecule has 0 radical (unpaired) electrons. The van der Waals surface area contributed by atoms with Crippen LogP contribution in [0.15, 0.2) is 0 Å². The molecular weight excluding hydrogens is 579 g/mol. The van der Waals surface area contributed by atoms with Crippen LogP contribution in [0.5, 0.6) is 0 Å². The molecule has 272 valence electrons. The number of nitrogens with zero attached hydrogens (tertiary/aromatic N) is 2. The largest absolute Gasteiger partial charge is 1.00 e. The summed E-state index contributed by atoms with van der Waals surface area (Å²) in [5.74, 6) is 0.